The average Bonchev–Trinajstić information content (AvgIpc) is 2.57. The lowest BCUT2D eigenvalue weighted by Gasteiger charge is -2.24. The molecule has 2 amide bonds. The highest BCUT2D eigenvalue weighted by molar-refractivity contribution is 6.03. The highest BCUT2D eigenvalue weighted by atomic mass is 16.2. The van der Waals surface area contributed by atoms with Crippen LogP contribution in [0.5, 0.6) is 0 Å². The summed E-state index contributed by atoms with van der Waals surface area (Å²) in [7, 11) is 1.67. The molecule has 0 saturated heterocycles. The van der Waals surface area contributed by atoms with E-state index in [2.05, 4.69) is 15.3 Å². The van der Waals surface area contributed by atoms with E-state index >= 15 is 0 Å². The Morgan fingerprint density at radius 2 is 2.00 bits per heavy atom. The van der Waals surface area contributed by atoms with E-state index in [0.717, 1.165) is 22.5 Å². The molecule has 0 bridgehead atoms. The molecule has 126 valence electrons. The summed E-state index contributed by atoms with van der Waals surface area (Å²) >= 11 is 0. The van der Waals surface area contributed by atoms with Crippen LogP contribution in [0.2, 0.25) is 0 Å². The molecule has 1 N–H and O–H groups in total. The molecular weight excluding hydrogens is 304 g/mol. The molecule has 1 aromatic carbocycles. The predicted molar refractivity (Wildman–Crippen MR) is 92.4 cm³/mol. The third kappa shape index (κ3) is 4.38. The molecule has 24 heavy (non-hydrogen) atoms. The van der Waals surface area contributed by atoms with Gasteiger partial charge in [-0.1, -0.05) is 12.1 Å². The number of nitrogens with zero attached hydrogens (tertiary/aromatic N) is 3. The third-order valence-electron chi connectivity index (χ3n) is 3.99. The minimum absolute atomic E-state index is 0.209. The Morgan fingerprint density at radius 3 is 2.67 bits per heavy atom. The summed E-state index contributed by atoms with van der Waals surface area (Å²) in [6.07, 6.45) is 2.86. The Morgan fingerprint density at radius 1 is 1.25 bits per heavy atom. The zero-order valence-corrected chi connectivity index (χ0v) is 14.4. The molecule has 2 rings (SSSR count). The molecule has 0 unspecified atom stereocenters. The van der Waals surface area contributed by atoms with Crippen molar-refractivity contribution in [3.8, 4) is 0 Å². The Bertz CT molecular complexity index is 731. The van der Waals surface area contributed by atoms with Crippen LogP contribution in [0.15, 0.2) is 36.8 Å². The molecule has 2 aromatic rings. The molecule has 6 nitrogen and oxygen atoms in total. The lowest BCUT2D eigenvalue weighted by atomic mass is 10.1. The topological polar surface area (TPSA) is 75.2 Å². The first kappa shape index (κ1) is 17.6. The number of benzene rings is 1. The van der Waals surface area contributed by atoms with Gasteiger partial charge in [0.1, 0.15) is 12.7 Å². The van der Waals surface area contributed by atoms with E-state index in [9.17, 15) is 9.59 Å². The Labute approximate surface area is 141 Å². The molecule has 0 saturated carbocycles. The van der Waals surface area contributed by atoms with E-state index in [1.807, 2.05) is 39.0 Å². The second-order valence-electron chi connectivity index (χ2n) is 5.86. The first-order chi connectivity index (χ1) is 11.4. The average molecular weight is 326 g/mol. The second kappa shape index (κ2) is 7.68. The lowest BCUT2D eigenvalue weighted by molar-refractivity contribution is -0.135. The van der Waals surface area contributed by atoms with Crippen LogP contribution in [0, 0.1) is 13.8 Å². The Hall–Kier alpha value is -2.76. The van der Waals surface area contributed by atoms with Gasteiger partial charge in [-0.05, 0) is 44.0 Å². The smallest absolute Gasteiger partial charge is 0.233 e. The van der Waals surface area contributed by atoms with Gasteiger partial charge in [0.15, 0.2) is 0 Å². The zero-order chi connectivity index (χ0) is 17.7. The van der Waals surface area contributed by atoms with Gasteiger partial charge in [0.05, 0.1) is 11.7 Å². The molecule has 1 aromatic heterocycles. The van der Waals surface area contributed by atoms with Crippen LogP contribution in [0.1, 0.15) is 36.2 Å². The standard InChI is InChI=1S/C18H22N4O2/c1-12-5-6-13(2)16(9-12)21-17(23)10-18(24)22(4)14(3)15-7-8-19-11-20-15/h5-9,11,14H,10H2,1-4H3,(H,21,23)/t14-/m0/s1. The number of carbonyl (C=O) groups excluding carboxylic acids is 2. The van der Waals surface area contributed by atoms with E-state index in [1.54, 1.807) is 19.3 Å². The summed E-state index contributed by atoms with van der Waals surface area (Å²) in [4.78, 5) is 34.0. The van der Waals surface area contributed by atoms with E-state index in [-0.39, 0.29) is 24.3 Å². The molecule has 0 fully saturated rings. The van der Waals surface area contributed by atoms with Crippen molar-refractivity contribution in [3.63, 3.8) is 0 Å². The van der Waals surface area contributed by atoms with Gasteiger partial charge in [0.25, 0.3) is 0 Å². The number of nitrogens with one attached hydrogen (secondary N) is 1. The van der Waals surface area contributed by atoms with Gasteiger partial charge < -0.3 is 10.2 Å². The molecule has 0 spiro atoms. The van der Waals surface area contributed by atoms with Crippen LogP contribution in [0.25, 0.3) is 0 Å². The maximum atomic E-state index is 12.3. The van der Waals surface area contributed by atoms with Gasteiger partial charge in [-0.3, -0.25) is 9.59 Å². The maximum absolute atomic E-state index is 12.3. The number of anilines is 1. The van der Waals surface area contributed by atoms with Crippen molar-refractivity contribution < 1.29 is 9.59 Å². The third-order valence-corrected chi connectivity index (χ3v) is 3.99. The molecule has 0 aliphatic rings. The van der Waals surface area contributed by atoms with Gasteiger partial charge >= 0.3 is 0 Å². The van der Waals surface area contributed by atoms with E-state index in [4.69, 9.17) is 0 Å². The number of carbonyl (C=O) groups is 2. The van der Waals surface area contributed by atoms with Gasteiger partial charge in [-0.2, -0.15) is 0 Å². The quantitative estimate of drug-likeness (QED) is 0.857. The molecule has 6 heteroatoms. The minimum Gasteiger partial charge on any atom is -0.337 e. The predicted octanol–water partition coefficient (Wildman–Crippen LogP) is 2.64. The largest absolute Gasteiger partial charge is 0.337 e. The van der Waals surface area contributed by atoms with Crippen molar-refractivity contribution in [1.29, 1.82) is 0 Å². The summed E-state index contributed by atoms with van der Waals surface area (Å²) in [5, 5.41) is 2.80. The van der Waals surface area contributed by atoms with Gasteiger partial charge in [-0.25, -0.2) is 9.97 Å². The van der Waals surface area contributed by atoms with Crippen molar-refractivity contribution in [2.75, 3.05) is 12.4 Å². The van der Waals surface area contributed by atoms with Gasteiger partial charge in [0.2, 0.25) is 11.8 Å². The summed E-state index contributed by atoms with van der Waals surface area (Å²) in [6, 6.07) is 7.34. The number of aryl methyl sites for hydroxylation is 2. The van der Waals surface area contributed by atoms with Gasteiger partial charge in [0, 0.05) is 18.9 Å². The first-order valence-electron chi connectivity index (χ1n) is 7.77. The van der Waals surface area contributed by atoms with E-state index in [1.165, 1.54) is 11.2 Å². The lowest BCUT2D eigenvalue weighted by Crippen LogP contribution is -2.33. The Balaban J connectivity index is 1.98. The monoisotopic (exact) mass is 326 g/mol. The normalized spacial score (nSPS) is 11.7. The number of hydrogen-bond acceptors (Lipinski definition) is 4. The van der Waals surface area contributed by atoms with E-state index < -0.39 is 0 Å². The fourth-order valence-corrected chi connectivity index (χ4v) is 2.29. The molecule has 0 aliphatic carbocycles. The summed E-state index contributed by atoms with van der Waals surface area (Å²) in [5.74, 6) is -0.584. The van der Waals surface area contributed by atoms with Crippen LogP contribution in [-0.4, -0.2) is 33.7 Å². The molecular formula is C18H22N4O2. The molecule has 0 aliphatic heterocycles. The summed E-state index contributed by atoms with van der Waals surface area (Å²) < 4.78 is 0. The van der Waals surface area contributed by atoms with Crippen molar-refractivity contribution in [2.45, 2.75) is 33.2 Å². The van der Waals surface area contributed by atoms with Crippen molar-refractivity contribution in [2.24, 2.45) is 0 Å². The van der Waals surface area contributed by atoms with E-state index in [0.29, 0.717) is 0 Å². The van der Waals surface area contributed by atoms with Crippen LogP contribution in [-0.2, 0) is 9.59 Å². The van der Waals surface area contributed by atoms with Crippen molar-refractivity contribution >= 4 is 17.5 Å². The van der Waals surface area contributed by atoms with Crippen LogP contribution in [0.4, 0.5) is 5.69 Å². The minimum atomic E-state index is -0.324. The Kier molecular flexibility index (Phi) is 5.63. The number of rotatable bonds is 5. The number of aromatic nitrogens is 2. The van der Waals surface area contributed by atoms with Crippen LogP contribution in [0.3, 0.4) is 0 Å². The maximum Gasteiger partial charge on any atom is 0.233 e. The molecule has 0 radical (unpaired) electrons. The van der Waals surface area contributed by atoms with Crippen LogP contribution >= 0.6 is 0 Å². The second-order valence-corrected chi connectivity index (χ2v) is 5.86. The summed E-state index contributed by atoms with van der Waals surface area (Å²) in [5.41, 5.74) is 3.48. The highest BCUT2D eigenvalue weighted by Gasteiger charge is 2.21. The van der Waals surface area contributed by atoms with Gasteiger partial charge in [-0.15, -0.1) is 0 Å². The van der Waals surface area contributed by atoms with Crippen LogP contribution < -0.4 is 5.32 Å². The number of amides is 2. The molecule has 1 heterocycles. The fraction of sp³-hybridized carbons (Fsp3) is 0.333. The van der Waals surface area contributed by atoms with Crippen molar-refractivity contribution in [3.05, 3.63) is 53.6 Å². The fourth-order valence-electron chi connectivity index (χ4n) is 2.29. The van der Waals surface area contributed by atoms with Crippen molar-refractivity contribution in [1.82, 2.24) is 14.9 Å². The summed E-state index contributed by atoms with van der Waals surface area (Å²) in [6.45, 7) is 5.74. The SMILES string of the molecule is Cc1ccc(C)c(NC(=O)CC(=O)N(C)[C@@H](C)c2ccncn2)c1. The molecule has 1 atom stereocenters. The first-order valence-corrected chi connectivity index (χ1v) is 7.77. The highest BCUT2D eigenvalue weighted by Crippen LogP contribution is 2.18. The zero-order valence-electron chi connectivity index (χ0n) is 14.4. The number of hydrogen-bond donors (Lipinski definition) is 1.